The molecule has 3 aliphatic heterocycles. The standard InChI is InChI=1S/C36H44FN5O4/c1-22-17-29-32(31(37)30(22)28-19-26(43)18-23-11-7-8-14-27(23)28)38-34(45-16-10-15-40(5)6)39-33(29)41-20-25-13-9-12-24(41)21-42(25)35(44)46-36(2,3)4/h7-8,11,14,17-19,24-25,43H,9-10,12-13,15-16,20-21H2,1-6H3. The lowest BCUT2D eigenvalue weighted by Crippen LogP contribution is -2.59. The highest BCUT2D eigenvalue weighted by Gasteiger charge is 2.42. The van der Waals surface area contributed by atoms with Crippen molar-refractivity contribution in [2.24, 2.45) is 0 Å². The molecule has 3 fully saturated rings. The fourth-order valence-corrected chi connectivity index (χ4v) is 6.81. The van der Waals surface area contributed by atoms with Crippen LogP contribution in [0.4, 0.5) is 15.0 Å². The van der Waals surface area contributed by atoms with Crippen molar-refractivity contribution >= 4 is 33.6 Å². The van der Waals surface area contributed by atoms with Crippen molar-refractivity contribution < 1.29 is 23.8 Å². The number of carbonyl (C=O) groups excluding carboxylic acids is 1. The van der Waals surface area contributed by atoms with Crippen LogP contribution in [-0.2, 0) is 4.74 Å². The van der Waals surface area contributed by atoms with E-state index in [1.54, 1.807) is 12.1 Å². The molecule has 9 nitrogen and oxygen atoms in total. The van der Waals surface area contributed by atoms with Gasteiger partial charge in [-0.3, -0.25) is 0 Å². The number of phenols is 1. The lowest BCUT2D eigenvalue weighted by Gasteiger charge is -2.44. The van der Waals surface area contributed by atoms with Crippen LogP contribution >= 0.6 is 0 Å². The Morgan fingerprint density at radius 3 is 2.59 bits per heavy atom. The Morgan fingerprint density at radius 1 is 1.07 bits per heavy atom. The minimum absolute atomic E-state index is 0.0241. The molecule has 3 aliphatic rings. The molecule has 0 spiro atoms. The summed E-state index contributed by atoms with van der Waals surface area (Å²) in [6.07, 6.45) is 3.15. The number of hydrogen-bond acceptors (Lipinski definition) is 8. The van der Waals surface area contributed by atoms with Crippen LogP contribution < -0.4 is 9.64 Å². The van der Waals surface area contributed by atoms with Crippen LogP contribution in [0.5, 0.6) is 11.8 Å². The van der Waals surface area contributed by atoms with Crippen molar-refractivity contribution in [2.45, 2.75) is 71.1 Å². The Balaban J connectivity index is 1.46. The van der Waals surface area contributed by atoms with Gasteiger partial charge in [-0.15, -0.1) is 0 Å². The van der Waals surface area contributed by atoms with Gasteiger partial charge in [-0.25, -0.2) is 9.18 Å². The van der Waals surface area contributed by atoms with E-state index in [1.165, 1.54) is 0 Å². The van der Waals surface area contributed by atoms with Crippen molar-refractivity contribution in [1.82, 2.24) is 19.8 Å². The second-order valence-electron chi connectivity index (χ2n) is 13.9. The van der Waals surface area contributed by atoms with Crippen molar-refractivity contribution in [1.29, 1.82) is 0 Å². The average molecular weight is 630 g/mol. The van der Waals surface area contributed by atoms with E-state index in [9.17, 15) is 9.90 Å². The van der Waals surface area contributed by atoms with Crippen LogP contribution in [0.15, 0.2) is 42.5 Å². The van der Waals surface area contributed by atoms with Crippen molar-refractivity contribution in [3.05, 3.63) is 53.8 Å². The van der Waals surface area contributed by atoms with Crippen LogP contribution in [0.3, 0.4) is 0 Å². The summed E-state index contributed by atoms with van der Waals surface area (Å²) in [5.74, 6) is 0.196. The highest BCUT2D eigenvalue weighted by molar-refractivity contribution is 6.02. The number of benzene rings is 3. The Hall–Kier alpha value is -4.18. The Labute approximate surface area is 269 Å². The fraction of sp³-hybridized carbons (Fsp3) is 0.472. The number of carbonyl (C=O) groups is 1. The molecular formula is C36H44FN5O4. The number of fused-ring (bicyclic) bond motifs is 6. The molecule has 10 heteroatoms. The third kappa shape index (κ3) is 6.40. The summed E-state index contributed by atoms with van der Waals surface area (Å²) in [4.78, 5) is 28.9. The van der Waals surface area contributed by atoms with Crippen LogP contribution in [0, 0.1) is 12.7 Å². The maximum atomic E-state index is 17.0. The minimum atomic E-state index is -0.586. The molecule has 4 heterocycles. The molecule has 7 rings (SSSR count). The summed E-state index contributed by atoms with van der Waals surface area (Å²) in [6, 6.07) is 12.9. The zero-order valence-electron chi connectivity index (χ0n) is 27.6. The van der Waals surface area contributed by atoms with Gasteiger partial charge in [-0.1, -0.05) is 24.3 Å². The first-order valence-electron chi connectivity index (χ1n) is 16.2. The second kappa shape index (κ2) is 12.5. The van der Waals surface area contributed by atoms with Crippen LogP contribution in [0.2, 0.25) is 0 Å². The quantitative estimate of drug-likeness (QED) is 0.221. The molecule has 0 saturated carbocycles. The molecular weight excluding hydrogens is 585 g/mol. The first-order chi connectivity index (χ1) is 21.9. The van der Waals surface area contributed by atoms with Crippen LogP contribution in [0.25, 0.3) is 32.8 Å². The molecule has 0 radical (unpaired) electrons. The number of anilines is 1. The summed E-state index contributed by atoms with van der Waals surface area (Å²) >= 11 is 0. The van der Waals surface area contributed by atoms with Gasteiger partial charge in [0.2, 0.25) is 0 Å². The largest absolute Gasteiger partial charge is 0.508 e. The number of aromatic hydroxyl groups is 1. The van der Waals surface area contributed by atoms with E-state index < -0.39 is 11.4 Å². The van der Waals surface area contributed by atoms with Gasteiger partial charge < -0.3 is 29.3 Å². The molecule has 4 aromatic rings. The normalized spacial score (nSPS) is 18.4. The molecule has 244 valence electrons. The topological polar surface area (TPSA) is 91.3 Å². The number of amides is 1. The molecule has 1 amide bonds. The number of aryl methyl sites for hydroxylation is 1. The number of nitrogens with zero attached hydrogens (tertiary/aromatic N) is 5. The van der Waals surface area contributed by atoms with E-state index >= 15 is 4.39 Å². The first kappa shape index (κ1) is 31.8. The molecule has 1 N–H and O–H groups in total. The molecule has 2 atom stereocenters. The van der Waals surface area contributed by atoms with Gasteiger partial charge in [-0.2, -0.15) is 9.97 Å². The van der Waals surface area contributed by atoms with Crippen molar-refractivity contribution in [3.63, 3.8) is 0 Å². The predicted octanol–water partition coefficient (Wildman–Crippen LogP) is 6.91. The van der Waals surface area contributed by atoms with Crippen molar-refractivity contribution in [3.8, 4) is 22.9 Å². The van der Waals surface area contributed by atoms with Crippen LogP contribution in [0.1, 0.15) is 52.0 Å². The van der Waals surface area contributed by atoms with Gasteiger partial charge in [-0.05, 0) is 108 Å². The summed E-state index contributed by atoms with van der Waals surface area (Å²) in [6.45, 7) is 9.79. The Bertz CT molecular complexity index is 1770. The maximum Gasteiger partial charge on any atom is 0.410 e. The highest BCUT2D eigenvalue weighted by atomic mass is 19.1. The minimum Gasteiger partial charge on any atom is -0.508 e. The third-order valence-electron chi connectivity index (χ3n) is 8.86. The number of rotatable bonds is 7. The smallest absolute Gasteiger partial charge is 0.410 e. The summed E-state index contributed by atoms with van der Waals surface area (Å²) in [7, 11) is 4.01. The summed E-state index contributed by atoms with van der Waals surface area (Å²) in [5, 5.41) is 12.8. The molecule has 1 aromatic heterocycles. The zero-order chi connectivity index (χ0) is 32.7. The van der Waals surface area contributed by atoms with E-state index in [1.807, 2.05) is 77.0 Å². The second-order valence-corrected chi connectivity index (χ2v) is 13.9. The van der Waals surface area contributed by atoms with E-state index in [0.717, 1.165) is 43.0 Å². The number of piperazine rings is 1. The van der Waals surface area contributed by atoms with Gasteiger partial charge in [0.05, 0.1) is 12.6 Å². The predicted molar refractivity (Wildman–Crippen MR) is 179 cm³/mol. The van der Waals surface area contributed by atoms with Gasteiger partial charge >= 0.3 is 12.1 Å². The van der Waals surface area contributed by atoms with Gasteiger partial charge in [0.25, 0.3) is 0 Å². The molecule has 3 aromatic carbocycles. The number of halogens is 1. The number of phenolic OH excluding ortho intramolecular Hbond substituents is 1. The monoisotopic (exact) mass is 629 g/mol. The van der Waals surface area contributed by atoms with Crippen LogP contribution in [-0.4, -0.2) is 89.0 Å². The van der Waals surface area contributed by atoms with Gasteiger partial charge in [0, 0.05) is 36.6 Å². The van der Waals surface area contributed by atoms with E-state index in [4.69, 9.17) is 14.5 Å². The number of ether oxygens (including phenoxy) is 2. The Morgan fingerprint density at radius 2 is 1.83 bits per heavy atom. The average Bonchev–Trinajstić information content (AvgIpc) is 3.32. The van der Waals surface area contributed by atoms with Gasteiger partial charge in [0.1, 0.15) is 22.7 Å². The number of hydrogen-bond donors (Lipinski definition) is 1. The zero-order valence-corrected chi connectivity index (χ0v) is 27.6. The SMILES string of the molecule is Cc1cc2c(N3CC4CCCC3CN4C(=O)OC(C)(C)C)nc(OCCCN(C)C)nc2c(F)c1-c1cc(O)cc2ccccc12. The fourth-order valence-electron chi connectivity index (χ4n) is 6.81. The van der Waals surface area contributed by atoms with Crippen molar-refractivity contribution in [2.75, 3.05) is 45.2 Å². The number of aromatic nitrogens is 2. The molecule has 3 saturated heterocycles. The van der Waals surface area contributed by atoms with E-state index in [-0.39, 0.29) is 35.5 Å². The van der Waals surface area contributed by atoms with E-state index in [2.05, 4.69) is 14.8 Å². The molecule has 46 heavy (non-hydrogen) atoms. The lowest BCUT2D eigenvalue weighted by molar-refractivity contribution is 0.0123. The Kier molecular flexibility index (Phi) is 8.67. The molecule has 2 bridgehead atoms. The van der Waals surface area contributed by atoms with E-state index in [0.29, 0.717) is 47.6 Å². The van der Waals surface area contributed by atoms with Gasteiger partial charge in [0.15, 0.2) is 5.82 Å². The summed E-state index contributed by atoms with van der Waals surface area (Å²) < 4.78 is 28.8. The maximum absolute atomic E-state index is 17.0. The summed E-state index contributed by atoms with van der Waals surface area (Å²) in [5.41, 5.74) is 1.28. The molecule has 2 unspecified atom stereocenters. The third-order valence-corrected chi connectivity index (χ3v) is 8.86. The highest BCUT2D eigenvalue weighted by Crippen LogP contribution is 2.42. The molecule has 0 aliphatic carbocycles. The first-order valence-corrected chi connectivity index (χ1v) is 16.2. The lowest BCUT2D eigenvalue weighted by atomic mass is 9.92.